The van der Waals surface area contributed by atoms with Crippen LogP contribution in [-0.4, -0.2) is 41.4 Å². The van der Waals surface area contributed by atoms with Gasteiger partial charge in [0.25, 0.3) is 5.91 Å². The van der Waals surface area contributed by atoms with E-state index in [0.717, 1.165) is 28.6 Å². The number of hydrogen-bond acceptors (Lipinski definition) is 4. The molecule has 1 unspecified atom stereocenters. The number of methoxy groups -OCH3 is 1. The van der Waals surface area contributed by atoms with Crippen molar-refractivity contribution < 1.29 is 19.4 Å². The van der Waals surface area contributed by atoms with Crippen LogP contribution in [0.2, 0.25) is 0 Å². The lowest BCUT2D eigenvalue weighted by Gasteiger charge is -2.19. The maximum atomic E-state index is 13.5. The Kier molecular flexibility index (Phi) is 8.73. The lowest BCUT2D eigenvalue weighted by molar-refractivity contribution is 0.0910. The lowest BCUT2D eigenvalue weighted by atomic mass is 10.0. The van der Waals surface area contributed by atoms with E-state index in [9.17, 15) is 9.90 Å². The van der Waals surface area contributed by atoms with E-state index in [1.54, 1.807) is 19.2 Å². The minimum absolute atomic E-state index is 0.110. The fraction of sp³-hybridized carbons (Fsp3) is 0.281. The zero-order chi connectivity index (χ0) is 27.1. The van der Waals surface area contributed by atoms with Crippen LogP contribution in [-0.2, 0) is 13.0 Å². The topological polar surface area (TPSA) is 72.7 Å². The van der Waals surface area contributed by atoms with Gasteiger partial charge in [0.2, 0.25) is 0 Å². The van der Waals surface area contributed by atoms with Gasteiger partial charge in [-0.2, -0.15) is 0 Å². The number of hydrogen-bond donors (Lipinski definition) is 2. The van der Waals surface area contributed by atoms with Crippen LogP contribution in [0.15, 0.2) is 72.9 Å². The number of carbonyl (C=O) groups excluding carboxylic acids is 1. The third-order valence-corrected chi connectivity index (χ3v) is 6.27. The molecule has 38 heavy (non-hydrogen) atoms. The molecule has 2 N–H and O–H groups in total. The second-order valence-corrected chi connectivity index (χ2v) is 9.34. The smallest absolute Gasteiger partial charge is 0.255 e. The number of para-hydroxylation sites is 2. The van der Waals surface area contributed by atoms with E-state index in [-0.39, 0.29) is 18.6 Å². The summed E-state index contributed by atoms with van der Waals surface area (Å²) >= 11 is 0. The minimum Gasteiger partial charge on any atom is -0.495 e. The number of amides is 1. The Morgan fingerprint density at radius 1 is 1.03 bits per heavy atom. The van der Waals surface area contributed by atoms with Crippen LogP contribution in [0, 0.1) is 11.8 Å². The van der Waals surface area contributed by atoms with Crippen LogP contribution in [0.1, 0.15) is 47.8 Å². The van der Waals surface area contributed by atoms with Gasteiger partial charge in [-0.25, -0.2) is 0 Å². The number of benzene rings is 3. The third kappa shape index (κ3) is 6.19. The van der Waals surface area contributed by atoms with E-state index in [0.29, 0.717) is 29.0 Å². The van der Waals surface area contributed by atoms with Crippen molar-refractivity contribution in [2.75, 3.05) is 13.7 Å². The Bertz CT molecular complexity index is 1480. The first-order valence-electron chi connectivity index (χ1n) is 12.9. The molecule has 6 nitrogen and oxygen atoms in total. The summed E-state index contributed by atoms with van der Waals surface area (Å²) in [5.41, 5.74) is 4.03. The van der Waals surface area contributed by atoms with Gasteiger partial charge in [0.15, 0.2) is 0 Å². The Labute approximate surface area is 224 Å². The van der Waals surface area contributed by atoms with Crippen molar-refractivity contribution in [2.24, 2.45) is 0 Å². The summed E-state index contributed by atoms with van der Waals surface area (Å²) in [6.07, 6.45) is 2.49. The first kappa shape index (κ1) is 26.8. The van der Waals surface area contributed by atoms with Crippen molar-refractivity contribution in [2.45, 2.75) is 45.9 Å². The minimum atomic E-state index is -0.464. The molecule has 0 aliphatic rings. The third-order valence-electron chi connectivity index (χ3n) is 6.27. The standard InChI is InChI=1S/C32H34N2O4/c1-5-34-20-25(27-11-7-8-12-29(27)34)19-26(21-35)33-32(36)28-18-23(15-17-31(28)38-22(2)3)14-16-24-10-6-9-13-30(24)37-4/h6-13,15,17-18,20,22,26,35H,5,19,21H2,1-4H3,(H,33,36). The number of aliphatic hydroxyl groups excluding tert-OH is 1. The number of ether oxygens (including phenoxy) is 2. The lowest BCUT2D eigenvalue weighted by Crippen LogP contribution is -2.39. The highest BCUT2D eigenvalue weighted by atomic mass is 16.5. The molecule has 0 saturated carbocycles. The molecule has 1 atom stereocenters. The van der Waals surface area contributed by atoms with Crippen LogP contribution in [0.25, 0.3) is 10.9 Å². The van der Waals surface area contributed by atoms with Gasteiger partial charge in [-0.05, 0) is 69.2 Å². The molecule has 0 spiro atoms. The van der Waals surface area contributed by atoms with Crippen LogP contribution in [0.5, 0.6) is 11.5 Å². The predicted octanol–water partition coefficient (Wildman–Crippen LogP) is 5.19. The summed E-state index contributed by atoms with van der Waals surface area (Å²) in [4.78, 5) is 13.5. The average Bonchev–Trinajstić information content (AvgIpc) is 3.29. The quantitative estimate of drug-likeness (QED) is 0.304. The molecule has 0 fully saturated rings. The van der Waals surface area contributed by atoms with Gasteiger partial charge < -0.3 is 24.5 Å². The average molecular weight is 511 g/mol. The van der Waals surface area contributed by atoms with Crippen LogP contribution < -0.4 is 14.8 Å². The Morgan fingerprint density at radius 3 is 2.53 bits per heavy atom. The molecule has 1 amide bonds. The maximum absolute atomic E-state index is 13.5. The zero-order valence-electron chi connectivity index (χ0n) is 22.3. The maximum Gasteiger partial charge on any atom is 0.255 e. The summed E-state index contributed by atoms with van der Waals surface area (Å²) < 4.78 is 13.5. The summed E-state index contributed by atoms with van der Waals surface area (Å²) in [5.74, 6) is 7.10. The van der Waals surface area contributed by atoms with Gasteiger partial charge in [-0.1, -0.05) is 42.2 Å². The van der Waals surface area contributed by atoms with Crippen molar-refractivity contribution in [3.05, 3.63) is 95.2 Å². The SMILES string of the molecule is CCn1cc(CC(CO)NC(=O)c2cc(C#Cc3ccccc3OC)ccc2OC(C)C)c2ccccc21. The Hall–Kier alpha value is -4.21. The van der Waals surface area contributed by atoms with Crippen molar-refractivity contribution in [3.8, 4) is 23.3 Å². The highest BCUT2D eigenvalue weighted by Crippen LogP contribution is 2.25. The van der Waals surface area contributed by atoms with Gasteiger partial charge >= 0.3 is 0 Å². The number of carbonyl (C=O) groups is 1. The van der Waals surface area contributed by atoms with Gasteiger partial charge in [0, 0.05) is 29.2 Å². The number of aryl methyl sites for hydroxylation is 1. The Morgan fingerprint density at radius 2 is 1.79 bits per heavy atom. The molecule has 196 valence electrons. The van der Waals surface area contributed by atoms with Crippen LogP contribution >= 0.6 is 0 Å². The summed E-state index contributed by atoms with van der Waals surface area (Å²) in [5, 5.41) is 14.3. The summed E-state index contributed by atoms with van der Waals surface area (Å²) in [6.45, 7) is 6.58. The largest absolute Gasteiger partial charge is 0.495 e. The second-order valence-electron chi connectivity index (χ2n) is 9.34. The molecule has 3 aromatic carbocycles. The van der Waals surface area contributed by atoms with E-state index >= 15 is 0 Å². The molecule has 4 rings (SSSR count). The van der Waals surface area contributed by atoms with E-state index in [1.807, 2.05) is 56.3 Å². The molecule has 4 aromatic rings. The molecular weight excluding hydrogens is 476 g/mol. The molecule has 0 bridgehead atoms. The summed E-state index contributed by atoms with van der Waals surface area (Å²) in [7, 11) is 1.61. The van der Waals surface area contributed by atoms with E-state index in [4.69, 9.17) is 9.47 Å². The van der Waals surface area contributed by atoms with Crippen LogP contribution in [0.3, 0.4) is 0 Å². The number of nitrogens with one attached hydrogen (secondary N) is 1. The molecule has 0 saturated heterocycles. The summed E-state index contributed by atoms with van der Waals surface area (Å²) in [6, 6.07) is 20.6. The first-order valence-corrected chi connectivity index (χ1v) is 12.9. The zero-order valence-corrected chi connectivity index (χ0v) is 22.3. The molecule has 1 heterocycles. The predicted molar refractivity (Wildman–Crippen MR) is 151 cm³/mol. The Balaban J connectivity index is 1.60. The van der Waals surface area contributed by atoms with Gasteiger partial charge in [-0.3, -0.25) is 4.79 Å². The monoisotopic (exact) mass is 510 g/mol. The normalized spacial score (nSPS) is 11.6. The molecular formula is C32H34N2O4. The van der Waals surface area contributed by atoms with E-state index < -0.39 is 6.04 Å². The highest BCUT2D eigenvalue weighted by molar-refractivity contribution is 5.97. The van der Waals surface area contributed by atoms with E-state index in [2.05, 4.69) is 47.0 Å². The number of aliphatic hydroxyl groups is 1. The second kappa shape index (κ2) is 12.4. The van der Waals surface area contributed by atoms with Crippen molar-refractivity contribution in [1.29, 1.82) is 0 Å². The first-order chi connectivity index (χ1) is 18.4. The van der Waals surface area contributed by atoms with Crippen LogP contribution in [0.4, 0.5) is 0 Å². The van der Waals surface area contributed by atoms with Crippen molar-refractivity contribution >= 4 is 16.8 Å². The van der Waals surface area contributed by atoms with Gasteiger partial charge in [0.1, 0.15) is 11.5 Å². The molecule has 1 aromatic heterocycles. The van der Waals surface area contributed by atoms with E-state index in [1.165, 1.54) is 0 Å². The number of rotatable bonds is 9. The number of aromatic nitrogens is 1. The number of nitrogens with zero attached hydrogens (tertiary/aromatic N) is 1. The molecule has 6 heteroatoms. The fourth-order valence-corrected chi connectivity index (χ4v) is 4.47. The van der Waals surface area contributed by atoms with Crippen molar-refractivity contribution in [3.63, 3.8) is 0 Å². The van der Waals surface area contributed by atoms with Gasteiger partial charge in [0.05, 0.1) is 37.0 Å². The molecule has 0 radical (unpaired) electrons. The molecule has 0 aliphatic heterocycles. The van der Waals surface area contributed by atoms with Gasteiger partial charge in [-0.15, -0.1) is 0 Å². The highest BCUT2D eigenvalue weighted by Gasteiger charge is 2.20. The number of fused-ring (bicyclic) bond motifs is 1. The fourth-order valence-electron chi connectivity index (χ4n) is 4.47. The van der Waals surface area contributed by atoms with Crippen molar-refractivity contribution in [1.82, 2.24) is 9.88 Å². The molecule has 0 aliphatic carbocycles.